The van der Waals surface area contributed by atoms with Gasteiger partial charge in [0.2, 0.25) is 21.1 Å². The Bertz CT molecular complexity index is 2200. The molecule has 1 saturated heterocycles. The Morgan fingerprint density at radius 3 is 2.35 bits per heavy atom. The van der Waals surface area contributed by atoms with Gasteiger partial charge in [-0.1, -0.05) is 5.16 Å². The first-order valence-electron chi connectivity index (χ1n) is 14.0. The van der Waals surface area contributed by atoms with Crippen LogP contribution in [0.3, 0.4) is 0 Å². The minimum atomic E-state index is -5.20. The number of nitrogen functional groups attached to an aromatic ring is 1. The molecule has 0 radical (unpaired) electrons. The van der Waals surface area contributed by atoms with Gasteiger partial charge in [0.15, 0.2) is 16.6 Å². The van der Waals surface area contributed by atoms with E-state index in [4.69, 9.17) is 10.6 Å². The number of carboxylic acids is 1. The van der Waals surface area contributed by atoms with Gasteiger partial charge in [0.25, 0.3) is 17.7 Å². The lowest BCUT2D eigenvalue weighted by atomic mass is 9.98. The van der Waals surface area contributed by atoms with Gasteiger partial charge in [0, 0.05) is 23.6 Å². The van der Waals surface area contributed by atoms with Crippen molar-refractivity contribution in [1.29, 1.82) is 0 Å². The van der Waals surface area contributed by atoms with Crippen LogP contribution in [-0.2, 0) is 46.1 Å². The molecule has 0 aliphatic carbocycles. The van der Waals surface area contributed by atoms with Gasteiger partial charge in [0.05, 0.1) is 29.4 Å². The van der Waals surface area contributed by atoms with Crippen molar-refractivity contribution in [3.05, 3.63) is 69.1 Å². The first-order chi connectivity index (χ1) is 23.6. The van der Waals surface area contributed by atoms with Crippen molar-refractivity contribution in [2.75, 3.05) is 12.3 Å². The Labute approximate surface area is 291 Å². The number of hydrogen-bond donors (Lipinski definition) is 8. The minimum absolute atomic E-state index is 0.00123. The Balaban J connectivity index is 1.47. The number of hydrogen-bond acceptors (Lipinski definition) is 16. The molecule has 1 aromatic carbocycles. The number of thiazole rings is 1. The van der Waals surface area contributed by atoms with Crippen LogP contribution < -0.4 is 26.5 Å². The summed E-state index contributed by atoms with van der Waals surface area (Å²) in [4.78, 5) is 70.4. The van der Waals surface area contributed by atoms with Crippen LogP contribution in [0.2, 0.25) is 0 Å². The molecule has 274 valence electrons. The van der Waals surface area contributed by atoms with Gasteiger partial charge >= 0.3 is 16.3 Å². The summed E-state index contributed by atoms with van der Waals surface area (Å²) in [5, 5.41) is 37.8. The van der Waals surface area contributed by atoms with E-state index >= 15 is 0 Å². The third kappa shape index (κ3) is 8.58. The van der Waals surface area contributed by atoms with Crippen molar-refractivity contribution < 1.29 is 60.8 Å². The first kappa shape index (κ1) is 38.2. The summed E-state index contributed by atoms with van der Waals surface area (Å²) in [6.45, 7) is 1.02. The number of benzene rings is 1. The summed E-state index contributed by atoms with van der Waals surface area (Å²) in [6, 6.07) is 1.75. The molecule has 3 aromatic rings. The van der Waals surface area contributed by atoms with E-state index in [-0.39, 0.29) is 31.3 Å². The van der Waals surface area contributed by atoms with Crippen LogP contribution in [0, 0.1) is 0 Å². The van der Waals surface area contributed by atoms with E-state index in [9.17, 15) is 60.8 Å². The van der Waals surface area contributed by atoms with Crippen LogP contribution in [0.5, 0.6) is 5.75 Å². The van der Waals surface area contributed by atoms with E-state index in [2.05, 4.69) is 25.5 Å². The molecule has 1 aliphatic heterocycles. The number of oxime groups is 1. The third-order valence-electron chi connectivity index (χ3n) is 7.00. The molecule has 22 nitrogen and oxygen atoms in total. The van der Waals surface area contributed by atoms with Crippen molar-refractivity contribution >= 4 is 66.2 Å². The fraction of sp³-hybridized carbons (Fsp3) is 0.269. The number of nitrogens with zero attached hydrogens (tertiary/aromatic N) is 4. The molecule has 1 aliphatic rings. The van der Waals surface area contributed by atoms with Crippen LogP contribution in [0.1, 0.15) is 35.6 Å². The zero-order valence-corrected chi connectivity index (χ0v) is 28.5. The number of rotatable bonds is 14. The van der Waals surface area contributed by atoms with Crippen molar-refractivity contribution in [3.63, 3.8) is 0 Å². The summed E-state index contributed by atoms with van der Waals surface area (Å²) in [5.41, 5.74) is 1.66. The molecule has 9 N–H and O–H groups in total. The Morgan fingerprint density at radius 1 is 1.14 bits per heavy atom. The zero-order valence-electron chi connectivity index (χ0n) is 26.1. The largest absolute Gasteiger partial charge is 0.503 e. The second-order valence-corrected chi connectivity index (χ2v) is 14.9. The SMILES string of the molecule is CC(C)(ON=C(C(=O)N[C@@H]1C(=O)N(S(=O)(=O)O)[C@@H]1CNC(=O)c1ccc(S(=O)(=O)NCc2cc(=O)c(O)cn2O)cc1)c1csc(N)n1)C(=O)O. The van der Waals surface area contributed by atoms with E-state index in [1.54, 1.807) is 0 Å². The number of nitrogens with two attached hydrogens (primary N) is 1. The fourth-order valence-corrected chi connectivity index (χ4v) is 6.62. The summed E-state index contributed by atoms with van der Waals surface area (Å²) in [7, 11) is -9.46. The number of carbonyl (C=O) groups is 4. The topological polar surface area (TPSA) is 339 Å². The van der Waals surface area contributed by atoms with Crippen molar-refractivity contribution in [3.8, 4) is 5.75 Å². The molecule has 25 heteroatoms. The highest BCUT2D eigenvalue weighted by molar-refractivity contribution is 7.89. The highest BCUT2D eigenvalue weighted by Gasteiger charge is 2.54. The summed E-state index contributed by atoms with van der Waals surface area (Å²) >= 11 is 0.881. The van der Waals surface area contributed by atoms with Gasteiger partial charge in [-0.25, -0.2) is 27.2 Å². The average molecular weight is 773 g/mol. The highest BCUT2D eigenvalue weighted by atomic mass is 32.2. The van der Waals surface area contributed by atoms with Crippen LogP contribution in [0.4, 0.5) is 5.13 Å². The lowest BCUT2D eigenvalue weighted by Crippen LogP contribution is -2.74. The van der Waals surface area contributed by atoms with Crippen LogP contribution >= 0.6 is 11.3 Å². The Kier molecular flexibility index (Phi) is 10.7. The molecule has 0 saturated carbocycles. The molecule has 4 rings (SSSR count). The maximum Gasteiger partial charge on any atom is 0.362 e. The Hall–Kier alpha value is -5.63. The molecule has 2 aromatic heterocycles. The maximum absolute atomic E-state index is 13.2. The van der Waals surface area contributed by atoms with Gasteiger partial charge in [-0.3, -0.25) is 23.7 Å². The van der Waals surface area contributed by atoms with E-state index < -0.39 is 91.7 Å². The van der Waals surface area contributed by atoms with Gasteiger partial charge in [-0.05, 0) is 38.1 Å². The average Bonchev–Trinajstić information content (AvgIpc) is 3.47. The van der Waals surface area contributed by atoms with Crippen LogP contribution in [0.15, 0.2) is 56.8 Å². The van der Waals surface area contributed by atoms with Crippen molar-refractivity contribution in [2.24, 2.45) is 5.16 Å². The van der Waals surface area contributed by atoms with E-state index in [0.717, 1.165) is 55.5 Å². The fourth-order valence-electron chi connectivity index (χ4n) is 4.19. The molecular formula is C26H28N8O14S3. The van der Waals surface area contributed by atoms with Crippen LogP contribution in [0.25, 0.3) is 0 Å². The molecule has 0 unspecified atom stereocenters. The summed E-state index contributed by atoms with van der Waals surface area (Å²) < 4.78 is 61.4. The predicted molar refractivity (Wildman–Crippen MR) is 172 cm³/mol. The molecular weight excluding hydrogens is 745 g/mol. The smallest absolute Gasteiger partial charge is 0.362 e. The zero-order chi connectivity index (χ0) is 38.1. The third-order valence-corrected chi connectivity index (χ3v) is 10.0. The molecule has 3 amide bonds. The minimum Gasteiger partial charge on any atom is -0.503 e. The standard InChI is InChI=1S/C26H28N8O14S3/c1-26(2,24(40)41)48-32-19(15-11-49-25(27)30-15)22(38)31-20-16(34(23(20)39)51(45,46)47)9-28-21(37)12-3-5-14(6-4-12)50(43,44)29-8-13-7-17(35)18(36)10-33(13)42/h3-7,10-11,16,20,29,36,42H,8-9H2,1-2H3,(H2,27,30)(H,28,37)(H,31,38)(H,40,41)(H,45,46,47)/t16-,20+/m1/s1. The van der Waals surface area contributed by atoms with Crippen molar-refractivity contribution in [1.82, 2.24) is 29.4 Å². The second-order valence-electron chi connectivity index (χ2n) is 11.0. The Morgan fingerprint density at radius 2 is 1.78 bits per heavy atom. The van der Waals surface area contributed by atoms with Gasteiger partial charge < -0.3 is 36.6 Å². The molecule has 0 bridgehead atoms. The molecule has 0 spiro atoms. The highest BCUT2D eigenvalue weighted by Crippen LogP contribution is 2.24. The van der Waals surface area contributed by atoms with Crippen LogP contribution in [-0.4, -0.2) is 104 Å². The van der Waals surface area contributed by atoms with Gasteiger partial charge in [0.1, 0.15) is 11.7 Å². The second kappa shape index (κ2) is 14.3. The molecule has 2 atom stereocenters. The predicted octanol–water partition coefficient (Wildman–Crippen LogP) is -2.18. The number of nitrogens with one attached hydrogen (secondary N) is 3. The summed E-state index contributed by atoms with van der Waals surface area (Å²) in [6.07, 6.45) is 0.676. The number of aliphatic carboxylic acids is 1. The molecule has 1 fully saturated rings. The number of aromatic nitrogens is 2. The van der Waals surface area contributed by atoms with Gasteiger partial charge in [-0.15, -0.1) is 11.3 Å². The number of amides is 3. The number of carbonyl (C=O) groups excluding carboxylic acids is 3. The number of pyridine rings is 1. The summed E-state index contributed by atoms with van der Waals surface area (Å²) in [5.74, 6) is -5.61. The van der Waals surface area contributed by atoms with E-state index in [0.29, 0.717) is 10.9 Å². The maximum atomic E-state index is 13.2. The van der Waals surface area contributed by atoms with Crippen molar-refractivity contribution in [2.45, 2.75) is 43.0 Å². The molecule has 51 heavy (non-hydrogen) atoms. The van der Waals surface area contributed by atoms with E-state index in [1.807, 2.05) is 0 Å². The first-order valence-corrected chi connectivity index (χ1v) is 17.7. The quantitative estimate of drug-likeness (QED) is 0.0284. The number of anilines is 1. The van der Waals surface area contributed by atoms with E-state index in [1.165, 1.54) is 5.38 Å². The normalized spacial score (nSPS) is 16.6. The number of carboxylic acid groups (broad SMARTS) is 1. The molecule has 3 heterocycles. The number of sulfonamides is 1. The lowest BCUT2D eigenvalue weighted by molar-refractivity contribution is -0.161. The number of aromatic hydroxyl groups is 1. The monoisotopic (exact) mass is 772 g/mol. The lowest BCUT2D eigenvalue weighted by Gasteiger charge is -2.44. The number of β-lactam (4-membered cyclic amide) rings is 1. The van der Waals surface area contributed by atoms with Gasteiger partial charge in [-0.2, -0.15) is 13.1 Å².